The third-order valence-corrected chi connectivity index (χ3v) is 10.3. The number of nitrogens with zero attached hydrogens (tertiary/aromatic N) is 2. The summed E-state index contributed by atoms with van der Waals surface area (Å²) in [5, 5.41) is 3.12. The van der Waals surface area contributed by atoms with Gasteiger partial charge in [0.15, 0.2) is 0 Å². The Bertz CT molecular complexity index is 1700. The van der Waals surface area contributed by atoms with Crippen molar-refractivity contribution in [2.45, 2.75) is 55.6 Å². The Morgan fingerprint density at radius 3 is 2.09 bits per heavy atom. The summed E-state index contributed by atoms with van der Waals surface area (Å²) < 4.78 is 44.9. The molecular weight excluding hydrogens is 657 g/mol. The average Bonchev–Trinajstić information content (AvgIpc) is 3.56. The van der Waals surface area contributed by atoms with Gasteiger partial charge in [0.1, 0.15) is 18.4 Å². The SMILES string of the molecule is O=C(NC1CCCC1)[C@@H](Cc1ccccc1)N(Cc1ccccc1F)C(=O)CN(c1ccc(Br)cc1)S(=O)(=O)c1ccccc1. The second-order valence-corrected chi connectivity index (χ2v) is 13.9. The van der Waals surface area contributed by atoms with Crippen LogP contribution in [0.4, 0.5) is 10.1 Å². The molecule has 1 N–H and O–H groups in total. The van der Waals surface area contributed by atoms with Crippen LogP contribution in [0.5, 0.6) is 0 Å². The van der Waals surface area contributed by atoms with E-state index in [4.69, 9.17) is 0 Å². The van der Waals surface area contributed by atoms with Crippen LogP contribution in [0.1, 0.15) is 36.8 Å². The minimum absolute atomic E-state index is 0.0149. The monoisotopic (exact) mass is 691 g/mol. The molecule has 1 aliphatic rings. The standard InChI is InChI=1S/C35H35BrFN3O4S/c36-28-19-21-30(22-20-28)40(45(43,44)31-16-5-2-6-17-31)25-34(41)39(24-27-13-7-10-18-32(27)37)33(23-26-11-3-1-4-12-26)35(42)38-29-14-8-9-15-29/h1-7,10-13,16-22,29,33H,8-9,14-15,23-25H2,(H,38,42)/t33-/m1/s1. The number of hydrogen-bond donors (Lipinski definition) is 1. The predicted octanol–water partition coefficient (Wildman–Crippen LogP) is 6.48. The molecule has 5 rings (SSSR count). The molecule has 1 fully saturated rings. The van der Waals surface area contributed by atoms with Gasteiger partial charge in [0.2, 0.25) is 11.8 Å². The van der Waals surface area contributed by atoms with E-state index in [0.717, 1.165) is 40.0 Å². The zero-order chi connectivity index (χ0) is 31.8. The molecule has 7 nitrogen and oxygen atoms in total. The lowest BCUT2D eigenvalue weighted by Gasteiger charge is -2.34. The lowest BCUT2D eigenvalue weighted by molar-refractivity contribution is -0.140. The van der Waals surface area contributed by atoms with Crippen molar-refractivity contribution < 1.29 is 22.4 Å². The van der Waals surface area contributed by atoms with Gasteiger partial charge in [0, 0.05) is 29.0 Å². The van der Waals surface area contributed by atoms with E-state index in [2.05, 4.69) is 21.2 Å². The molecule has 0 saturated heterocycles. The molecule has 1 atom stereocenters. The van der Waals surface area contributed by atoms with Crippen LogP contribution in [0.2, 0.25) is 0 Å². The van der Waals surface area contributed by atoms with Crippen molar-refractivity contribution in [2.24, 2.45) is 0 Å². The highest BCUT2D eigenvalue weighted by atomic mass is 79.9. The van der Waals surface area contributed by atoms with E-state index in [0.29, 0.717) is 0 Å². The fourth-order valence-corrected chi connectivity index (χ4v) is 7.29. The van der Waals surface area contributed by atoms with Crippen LogP contribution in [-0.4, -0.2) is 43.8 Å². The highest BCUT2D eigenvalue weighted by molar-refractivity contribution is 9.10. The van der Waals surface area contributed by atoms with E-state index < -0.39 is 34.3 Å². The van der Waals surface area contributed by atoms with Gasteiger partial charge in [-0.15, -0.1) is 0 Å². The number of nitrogens with one attached hydrogen (secondary N) is 1. The molecular formula is C35H35BrFN3O4S. The molecule has 1 aliphatic carbocycles. The molecule has 1 saturated carbocycles. The Balaban J connectivity index is 1.56. The number of benzene rings is 4. The highest BCUT2D eigenvalue weighted by Gasteiger charge is 2.35. The van der Waals surface area contributed by atoms with Gasteiger partial charge in [-0.3, -0.25) is 13.9 Å². The van der Waals surface area contributed by atoms with Gasteiger partial charge in [-0.05, 0) is 60.9 Å². The maximum absolute atomic E-state index is 15.1. The zero-order valence-electron chi connectivity index (χ0n) is 24.7. The number of halogens is 2. The number of carbonyl (C=O) groups excluding carboxylic acids is 2. The largest absolute Gasteiger partial charge is 0.352 e. The van der Waals surface area contributed by atoms with E-state index in [-0.39, 0.29) is 41.1 Å². The first-order valence-electron chi connectivity index (χ1n) is 14.9. The fourth-order valence-electron chi connectivity index (χ4n) is 5.59. The summed E-state index contributed by atoms with van der Waals surface area (Å²) in [7, 11) is -4.20. The topological polar surface area (TPSA) is 86.8 Å². The van der Waals surface area contributed by atoms with Crippen molar-refractivity contribution in [1.29, 1.82) is 0 Å². The molecule has 0 heterocycles. The van der Waals surface area contributed by atoms with Crippen molar-refractivity contribution in [1.82, 2.24) is 10.2 Å². The maximum Gasteiger partial charge on any atom is 0.264 e. The molecule has 10 heteroatoms. The summed E-state index contributed by atoms with van der Waals surface area (Å²) in [6.45, 7) is -0.823. The van der Waals surface area contributed by atoms with E-state index in [9.17, 15) is 18.0 Å². The first kappa shape index (κ1) is 32.4. The molecule has 0 aliphatic heterocycles. The summed E-state index contributed by atoms with van der Waals surface area (Å²) >= 11 is 3.39. The highest BCUT2D eigenvalue weighted by Crippen LogP contribution is 2.27. The van der Waals surface area contributed by atoms with Gasteiger partial charge >= 0.3 is 0 Å². The van der Waals surface area contributed by atoms with Crippen LogP contribution >= 0.6 is 15.9 Å². The molecule has 4 aromatic rings. The number of anilines is 1. The molecule has 45 heavy (non-hydrogen) atoms. The minimum Gasteiger partial charge on any atom is -0.352 e. The van der Waals surface area contributed by atoms with Gasteiger partial charge in [0.25, 0.3) is 10.0 Å². The van der Waals surface area contributed by atoms with Crippen molar-refractivity contribution in [2.75, 3.05) is 10.8 Å². The second-order valence-electron chi connectivity index (χ2n) is 11.1. The van der Waals surface area contributed by atoms with Crippen LogP contribution in [-0.2, 0) is 32.6 Å². The first-order chi connectivity index (χ1) is 21.7. The van der Waals surface area contributed by atoms with E-state index in [1.807, 2.05) is 30.3 Å². The molecule has 4 aromatic carbocycles. The molecule has 2 amide bonds. The number of carbonyl (C=O) groups is 2. The third kappa shape index (κ3) is 8.18. The summed E-state index contributed by atoms with van der Waals surface area (Å²) in [5.74, 6) is -1.51. The molecule has 0 radical (unpaired) electrons. The number of hydrogen-bond acceptors (Lipinski definition) is 4. The Labute approximate surface area is 272 Å². The fraction of sp³-hybridized carbons (Fsp3) is 0.257. The van der Waals surface area contributed by atoms with Crippen LogP contribution in [0.3, 0.4) is 0 Å². The Hall–Kier alpha value is -4.02. The number of sulfonamides is 1. The lowest BCUT2D eigenvalue weighted by atomic mass is 10.0. The summed E-state index contributed by atoms with van der Waals surface area (Å²) in [6.07, 6.45) is 3.87. The van der Waals surface area contributed by atoms with Gasteiger partial charge in [0.05, 0.1) is 10.6 Å². The number of amides is 2. The van der Waals surface area contributed by atoms with E-state index in [1.54, 1.807) is 60.7 Å². The first-order valence-corrected chi connectivity index (χ1v) is 17.2. The number of rotatable bonds is 12. The van der Waals surface area contributed by atoms with E-state index in [1.165, 1.54) is 23.1 Å². The molecule has 0 unspecified atom stereocenters. The Morgan fingerprint density at radius 1 is 0.844 bits per heavy atom. The summed E-state index contributed by atoms with van der Waals surface area (Å²) in [4.78, 5) is 29.8. The maximum atomic E-state index is 15.1. The smallest absolute Gasteiger partial charge is 0.264 e. The second kappa shape index (κ2) is 14.8. The molecule has 0 spiro atoms. The van der Waals surface area contributed by atoms with Crippen molar-refractivity contribution in [3.05, 3.63) is 131 Å². The van der Waals surface area contributed by atoms with Gasteiger partial charge in [-0.25, -0.2) is 12.8 Å². The van der Waals surface area contributed by atoms with Crippen LogP contribution in [0.25, 0.3) is 0 Å². The van der Waals surface area contributed by atoms with Crippen LogP contribution < -0.4 is 9.62 Å². The Kier molecular flexibility index (Phi) is 10.7. The van der Waals surface area contributed by atoms with Crippen LogP contribution in [0, 0.1) is 5.82 Å². The van der Waals surface area contributed by atoms with Crippen molar-refractivity contribution in [3.63, 3.8) is 0 Å². The van der Waals surface area contributed by atoms with Crippen LogP contribution in [0.15, 0.2) is 119 Å². The molecule has 0 bridgehead atoms. The molecule has 0 aromatic heterocycles. The average molecular weight is 693 g/mol. The summed E-state index contributed by atoms with van der Waals surface area (Å²) in [5.41, 5.74) is 1.31. The van der Waals surface area contributed by atoms with E-state index >= 15 is 4.39 Å². The van der Waals surface area contributed by atoms with Gasteiger partial charge < -0.3 is 10.2 Å². The Morgan fingerprint density at radius 2 is 1.44 bits per heavy atom. The minimum atomic E-state index is -4.20. The molecule has 234 valence electrons. The van der Waals surface area contributed by atoms with Crippen molar-refractivity contribution in [3.8, 4) is 0 Å². The van der Waals surface area contributed by atoms with Crippen molar-refractivity contribution >= 4 is 43.5 Å². The third-order valence-electron chi connectivity index (χ3n) is 8.00. The zero-order valence-corrected chi connectivity index (χ0v) is 27.1. The van der Waals surface area contributed by atoms with Gasteiger partial charge in [-0.2, -0.15) is 0 Å². The lowest BCUT2D eigenvalue weighted by Crippen LogP contribution is -2.54. The van der Waals surface area contributed by atoms with Gasteiger partial charge in [-0.1, -0.05) is 95.5 Å². The predicted molar refractivity (Wildman–Crippen MR) is 176 cm³/mol. The summed E-state index contributed by atoms with van der Waals surface area (Å²) in [6, 6.07) is 28.8. The normalized spacial score (nSPS) is 14.1. The quantitative estimate of drug-likeness (QED) is 0.184.